The number of alkyl carbamates (subject to hydrolysis) is 1. The van der Waals surface area contributed by atoms with E-state index < -0.39 is 42.1 Å². The molecule has 0 aromatic heterocycles. The topological polar surface area (TPSA) is 97.3 Å². The molecule has 2 heterocycles. The van der Waals surface area contributed by atoms with Crippen LogP contribution in [0, 0.1) is 0 Å². The summed E-state index contributed by atoms with van der Waals surface area (Å²) in [5, 5.41) is 13.3. The zero-order valence-corrected chi connectivity index (χ0v) is 19.6. The van der Waals surface area contributed by atoms with Gasteiger partial charge in [-0.2, -0.15) is 0 Å². The summed E-state index contributed by atoms with van der Waals surface area (Å²) >= 11 is 0. The summed E-state index contributed by atoms with van der Waals surface area (Å²) in [6, 6.07) is 15.2. The summed E-state index contributed by atoms with van der Waals surface area (Å²) < 4.78 is 16.9. The number of nitrogens with one attached hydrogen (secondary N) is 1. The van der Waals surface area contributed by atoms with E-state index in [2.05, 4.69) is 29.6 Å². The van der Waals surface area contributed by atoms with E-state index in [0.29, 0.717) is 0 Å². The molecule has 8 nitrogen and oxygen atoms in total. The van der Waals surface area contributed by atoms with Gasteiger partial charge in [-0.15, -0.1) is 0 Å². The van der Waals surface area contributed by atoms with E-state index in [1.165, 1.54) is 4.90 Å². The van der Waals surface area contributed by atoms with Crippen molar-refractivity contribution in [3.8, 4) is 11.1 Å². The first-order valence-electron chi connectivity index (χ1n) is 11.6. The predicted octanol–water partition coefficient (Wildman–Crippen LogP) is 3.27. The molecule has 2 amide bonds. The largest absolute Gasteiger partial charge is 0.448 e. The van der Waals surface area contributed by atoms with Gasteiger partial charge in [0.25, 0.3) is 0 Å². The molecule has 2 aromatic rings. The Balaban J connectivity index is 1.29. The Hall–Kier alpha value is -3.10. The zero-order valence-electron chi connectivity index (χ0n) is 19.6. The van der Waals surface area contributed by atoms with Gasteiger partial charge >= 0.3 is 12.2 Å². The van der Waals surface area contributed by atoms with Crippen molar-refractivity contribution in [2.45, 2.75) is 56.6 Å². The number of hydrogen-bond acceptors (Lipinski definition) is 6. The molecule has 0 saturated carbocycles. The van der Waals surface area contributed by atoms with Crippen LogP contribution in [0.4, 0.5) is 9.59 Å². The molecule has 0 bridgehead atoms. The number of carbonyl (C=O) groups excluding carboxylic acids is 2. The number of fused-ring (bicyclic) bond motifs is 4. The van der Waals surface area contributed by atoms with E-state index in [1.54, 1.807) is 20.8 Å². The van der Waals surface area contributed by atoms with Crippen LogP contribution in [-0.2, 0) is 14.2 Å². The number of benzene rings is 2. The van der Waals surface area contributed by atoms with Crippen LogP contribution in [0.25, 0.3) is 11.1 Å². The van der Waals surface area contributed by atoms with Crippen LogP contribution in [0.1, 0.15) is 37.8 Å². The van der Waals surface area contributed by atoms with Gasteiger partial charge in [0.05, 0.1) is 18.7 Å². The smallest absolute Gasteiger partial charge is 0.410 e. The van der Waals surface area contributed by atoms with Gasteiger partial charge in [0.1, 0.15) is 24.4 Å². The lowest BCUT2D eigenvalue weighted by Crippen LogP contribution is -2.46. The van der Waals surface area contributed by atoms with Crippen molar-refractivity contribution in [2.24, 2.45) is 0 Å². The fourth-order valence-electron chi connectivity index (χ4n) is 5.26. The summed E-state index contributed by atoms with van der Waals surface area (Å²) in [4.78, 5) is 26.9. The van der Waals surface area contributed by atoms with Crippen molar-refractivity contribution in [3.05, 3.63) is 59.7 Å². The molecule has 0 spiro atoms. The number of rotatable bonds is 3. The molecule has 2 N–H and O–H groups in total. The second kappa shape index (κ2) is 8.60. The standard InChI is InChI=1S/C26H30N2O6/c1-26(2,3)34-24(30)27-20-12-28(22-21(29)14-32-23(20)22)25(31)33-13-19-17-10-6-4-8-15(17)16-9-5-7-11-18(16)19/h4-11,19-23,29H,12-14H2,1-3H3,(H,27,30). The molecule has 8 heteroatoms. The number of aliphatic hydroxyl groups excluding tert-OH is 1. The second-order valence-corrected chi connectivity index (χ2v) is 10.1. The number of carbonyl (C=O) groups is 2. The van der Waals surface area contributed by atoms with Crippen LogP contribution in [0.2, 0.25) is 0 Å². The van der Waals surface area contributed by atoms with Gasteiger partial charge in [0.15, 0.2) is 0 Å². The van der Waals surface area contributed by atoms with Crippen LogP contribution >= 0.6 is 0 Å². The van der Waals surface area contributed by atoms with E-state index in [-0.39, 0.29) is 25.7 Å². The molecular formula is C26H30N2O6. The number of amides is 2. The van der Waals surface area contributed by atoms with Gasteiger partial charge in [-0.05, 0) is 43.0 Å². The average molecular weight is 467 g/mol. The Kier molecular flexibility index (Phi) is 5.73. The maximum atomic E-state index is 13.2. The normalized spacial score (nSPS) is 25.5. The fourth-order valence-corrected chi connectivity index (χ4v) is 5.26. The molecule has 2 aromatic carbocycles. The fraction of sp³-hybridized carbons (Fsp3) is 0.462. The summed E-state index contributed by atoms with van der Waals surface area (Å²) in [7, 11) is 0. The van der Waals surface area contributed by atoms with E-state index in [0.717, 1.165) is 22.3 Å². The Bertz CT molecular complexity index is 1050. The lowest BCUT2D eigenvalue weighted by molar-refractivity contribution is 0.0384. The van der Waals surface area contributed by atoms with Crippen molar-refractivity contribution in [3.63, 3.8) is 0 Å². The van der Waals surface area contributed by atoms with Crippen molar-refractivity contribution < 1.29 is 28.9 Å². The highest BCUT2D eigenvalue weighted by atomic mass is 16.6. The first-order valence-corrected chi connectivity index (χ1v) is 11.6. The quantitative estimate of drug-likeness (QED) is 0.721. The minimum absolute atomic E-state index is 0.0600. The van der Waals surface area contributed by atoms with Crippen molar-refractivity contribution in [1.82, 2.24) is 10.2 Å². The SMILES string of the molecule is CC(C)(C)OC(=O)NC1CN(C(=O)OCC2c3ccccc3-c3ccccc32)C2C(O)COC12. The number of aliphatic hydroxyl groups is 1. The summed E-state index contributed by atoms with van der Waals surface area (Å²) in [6.07, 6.45) is -2.50. The summed E-state index contributed by atoms with van der Waals surface area (Å²) in [6.45, 7) is 5.79. The summed E-state index contributed by atoms with van der Waals surface area (Å²) in [5.74, 6) is -0.0600. The molecule has 2 aliphatic heterocycles. The molecule has 4 atom stereocenters. The van der Waals surface area contributed by atoms with Crippen molar-refractivity contribution in [2.75, 3.05) is 19.8 Å². The first kappa shape index (κ1) is 22.7. The third kappa shape index (κ3) is 4.12. The van der Waals surface area contributed by atoms with Crippen LogP contribution in [0.3, 0.4) is 0 Å². The van der Waals surface area contributed by atoms with Gasteiger partial charge in [-0.3, -0.25) is 4.90 Å². The Labute approximate surface area is 198 Å². The molecule has 1 aliphatic carbocycles. The third-order valence-corrected chi connectivity index (χ3v) is 6.61. The molecule has 180 valence electrons. The Morgan fingerprint density at radius 3 is 2.32 bits per heavy atom. The van der Waals surface area contributed by atoms with Crippen molar-refractivity contribution in [1.29, 1.82) is 0 Å². The van der Waals surface area contributed by atoms with Gasteiger partial charge in [0, 0.05) is 12.5 Å². The molecule has 5 rings (SSSR count). The summed E-state index contributed by atoms with van der Waals surface area (Å²) in [5.41, 5.74) is 3.92. The van der Waals surface area contributed by atoms with Gasteiger partial charge < -0.3 is 24.6 Å². The molecule has 2 saturated heterocycles. The predicted molar refractivity (Wildman–Crippen MR) is 124 cm³/mol. The lowest BCUT2D eigenvalue weighted by atomic mass is 9.98. The molecule has 2 fully saturated rings. The maximum absolute atomic E-state index is 13.2. The Morgan fingerprint density at radius 2 is 1.71 bits per heavy atom. The molecule has 4 unspecified atom stereocenters. The number of hydrogen-bond donors (Lipinski definition) is 2. The molecule has 0 radical (unpaired) electrons. The lowest BCUT2D eigenvalue weighted by Gasteiger charge is -2.25. The molecule has 34 heavy (non-hydrogen) atoms. The molecular weight excluding hydrogens is 436 g/mol. The number of likely N-dealkylation sites (tertiary alicyclic amines) is 1. The van der Waals surface area contributed by atoms with Crippen LogP contribution < -0.4 is 5.32 Å². The minimum Gasteiger partial charge on any atom is -0.448 e. The van der Waals surface area contributed by atoms with Crippen LogP contribution in [0.15, 0.2) is 48.5 Å². The minimum atomic E-state index is -0.851. The number of ether oxygens (including phenoxy) is 3. The van der Waals surface area contributed by atoms with E-state index in [4.69, 9.17) is 14.2 Å². The number of nitrogens with zero attached hydrogens (tertiary/aromatic N) is 1. The highest BCUT2D eigenvalue weighted by Gasteiger charge is 2.53. The van der Waals surface area contributed by atoms with Crippen LogP contribution in [-0.4, -0.2) is 71.8 Å². The monoisotopic (exact) mass is 466 g/mol. The van der Waals surface area contributed by atoms with E-state index in [1.807, 2.05) is 24.3 Å². The first-order chi connectivity index (χ1) is 16.2. The molecule has 3 aliphatic rings. The van der Waals surface area contributed by atoms with Gasteiger partial charge in [-0.1, -0.05) is 48.5 Å². The van der Waals surface area contributed by atoms with Gasteiger partial charge in [0.2, 0.25) is 0 Å². The average Bonchev–Trinajstić information content (AvgIpc) is 3.43. The maximum Gasteiger partial charge on any atom is 0.410 e. The highest BCUT2D eigenvalue weighted by molar-refractivity contribution is 5.79. The van der Waals surface area contributed by atoms with Gasteiger partial charge in [-0.25, -0.2) is 9.59 Å². The zero-order chi connectivity index (χ0) is 24.0. The third-order valence-electron chi connectivity index (χ3n) is 6.61. The highest BCUT2D eigenvalue weighted by Crippen LogP contribution is 2.44. The van der Waals surface area contributed by atoms with Crippen molar-refractivity contribution >= 4 is 12.2 Å². The second-order valence-electron chi connectivity index (χ2n) is 10.1. The van der Waals surface area contributed by atoms with E-state index >= 15 is 0 Å². The van der Waals surface area contributed by atoms with Crippen LogP contribution in [0.5, 0.6) is 0 Å². The van der Waals surface area contributed by atoms with E-state index in [9.17, 15) is 14.7 Å². The Morgan fingerprint density at radius 1 is 1.09 bits per heavy atom.